The molecule has 1 rings (SSSR count). The summed E-state index contributed by atoms with van der Waals surface area (Å²) < 4.78 is 28.6. The lowest BCUT2D eigenvalue weighted by molar-refractivity contribution is 0.0795. The van der Waals surface area contributed by atoms with Crippen LogP contribution in [-0.4, -0.2) is 25.1 Å². The summed E-state index contributed by atoms with van der Waals surface area (Å²) in [7, 11) is 1.82. The fourth-order valence-corrected chi connectivity index (χ4v) is 1.09. The van der Waals surface area contributed by atoms with Gasteiger partial charge in [-0.2, -0.15) is 0 Å². The number of hydrogen-bond donors (Lipinski definition) is 1. The molecule has 84 valence electrons. The Hall–Kier alpha value is -1.23. The van der Waals surface area contributed by atoms with E-state index in [0.29, 0.717) is 0 Å². The van der Waals surface area contributed by atoms with E-state index in [1.54, 1.807) is 12.3 Å². The zero-order chi connectivity index (χ0) is 11.3. The van der Waals surface area contributed by atoms with Gasteiger partial charge < -0.3 is 10.1 Å². The number of pyridine rings is 1. The maximum absolute atomic E-state index is 11.9. The van der Waals surface area contributed by atoms with Gasteiger partial charge in [-0.25, -0.2) is 13.8 Å². The predicted octanol–water partition coefficient (Wildman–Crippen LogP) is 2.01. The molecular weight excluding hydrogens is 202 g/mol. The molecule has 0 saturated carbocycles. The standard InChI is InChI=1S/C10H14F2N2O/c1-7(13-2)8-3-4-14-10(5-8)15-6-9(11)12/h3-5,7,9,13H,6H2,1-2H3. The summed E-state index contributed by atoms with van der Waals surface area (Å²) in [5.41, 5.74) is 0.955. The Morgan fingerprint density at radius 1 is 1.53 bits per heavy atom. The molecule has 1 aromatic rings. The van der Waals surface area contributed by atoms with Gasteiger partial charge in [0.1, 0.15) is 0 Å². The van der Waals surface area contributed by atoms with Crippen molar-refractivity contribution in [2.75, 3.05) is 13.7 Å². The van der Waals surface area contributed by atoms with E-state index in [-0.39, 0.29) is 11.9 Å². The molecule has 0 aliphatic rings. The second kappa shape index (κ2) is 5.60. The largest absolute Gasteiger partial charge is 0.472 e. The molecule has 1 N–H and O–H groups in total. The summed E-state index contributed by atoms with van der Waals surface area (Å²) in [6, 6.07) is 3.61. The van der Waals surface area contributed by atoms with Crippen LogP contribution in [-0.2, 0) is 0 Å². The number of nitrogens with zero attached hydrogens (tertiary/aromatic N) is 1. The minimum absolute atomic E-state index is 0.141. The first-order valence-electron chi connectivity index (χ1n) is 4.67. The quantitative estimate of drug-likeness (QED) is 0.817. The van der Waals surface area contributed by atoms with Crippen molar-refractivity contribution in [3.63, 3.8) is 0 Å². The minimum atomic E-state index is -2.47. The zero-order valence-electron chi connectivity index (χ0n) is 8.71. The smallest absolute Gasteiger partial charge is 0.272 e. The van der Waals surface area contributed by atoms with Gasteiger partial charge in [-0.1, -0.05) is 0 Å². The van der Waals surface area contributed by atoms with Gasteiger partial charge in [-0.3, -0.25) is 0 Å². The summed E-state index contributed by atoms with van der Waals surface area (Å²) in [6.07, 6.45) is -0.929. The van der Waals surface area contributed by atoms with Gasteiger partial charge in [0.15, 0.2) is 6.61 Å². The highest BCUT2D eigenvalue weighted by Gasteiger charge is 2.07. The van der Waals surface area contributed by atoms with E-state index in [0.717, 1.165) is 5.56 Å². The molecule has 1 unspecified atom stereocenters. The molecule has 1 aromatic heterocycles. The number of rotatable bonds is 5. The monoisotopic (exact) mass is 216 g/mol. The number of alkyl halides is 2. The van der Waals surface area contributed by atoms with Crippen molar-refractivity contribution < 1.29 is 13.5 Å². The average Bonchev–Trinajstić information content (AvgIpc) is 2.25. The Kier molecular flexibility index (Phi) is 4.42. The van der Waals surface area contributed by atoms with Crippen LogP contribution in [0.15, 0.2) is 18.3 Å². The molecule has 0 spiro atoms. The van der Waals surface area contributed by atoms with Crippen LogP contribution in [0.5, 0.6) is 5.88 Å². The fourth-order valence-electron chi connectivity index (χ4n) is 1.09. The number of hydrogen-bond acceptors (Lipinski definition) is 3. The second-order valence-electron chi connectivity index (χ2n) is 3.14. The van der Waals surface area contributed by atoms with Gasteiger partial charge in [-0.15, -0.1) is 0 Å². The fraction of sp³-hybridized carbons (Fsp3) is 0.500. The van der Waals surface area contributed by atoms with Crippen molar-refractivity contribution in [3.8, 4) is 5.88 Å². The lowest BCUT2D eigenvalue weighted by Crippen LogP contribution is -2.13. The first-order chi connectivity index (χ1) is 7.13. The Morgan fingerprint density at radius 2 is 2.27 bits per heavy atom. The normalized spacial score (nSPS) is 12.9. The number of ether oxygens (including phenoxy) is 1. The Labute approximate surface area is 87.5 Å². The molecule has 0 aliphatic carbocycles. The average molecular weight is 216 g/mol. The van der Waals surface area contributed by atoms with Gasteiger partial charge in [0.25, 0.3) is 6.43 Å². The van der Waals surface area contributed by atoms with E-state index in [1.165, 1.54) is 0 Å². The molecule has 0 radical (unpaired) electrons. The van der Waals surface area contributed by atoms with E-state index in [4.69, 9.17) is 4.74 Å². The van der Waals surface area contributed by atoms with Crippen LogP contribution in [0.1, 0.15) is 18.5 Å². The third-order valence-corrected chi connectivity index (χ3v) is 2.05. The minimum Gasteiger partial charge on any atom is -0.472 e. The van der Waals surface area contributed by atoms with Crippen LogP contribution in [0.2, 0.25) is 0 Å². The van der Waals surface area contributed by atoms with Crippen molar-refractivity contribution in [3.05, 3.63) is 23.9 Å². The molecule has 0 fully saturated rings. The van der Waals surface area contributed by atoms with E-state index >= 15 is 0 Å². The highest BCUT2D eigenvalue weighted by molar-refractivity contribution is 5.23. The molecule has 0 aliphatic heterocycles. The third-order valence-electron chi connectivity index (χ3n) is 2.05. The van der Waals surface area contributed by atoms with Gasteiger partial charge >= 0.3 is 0 Å². The third kappa shape index (κ3) is 3.79. The summed E-state index contributed by atoms with van der Waals surface area (Å²) in [6.45, 7) is 1.34. The van der Waals surface area contributed by atoms with Crippen molar-refractivity contribution in [1.82, 2.24) is 10.3 Å². The lowest BCUT2D eigenvalue weighted by atomic mass is 10.1. The lowest BCUT2D eigenvalue weighted by Gasteiger charge is -2.11. The number of aromatic nitrogens is 1. The summed E-state index contributed by atoms with van der Waals surface area (Å²) in [4.78, 5) is 3.84. The molecule has 1 atom stereocenters. The number of halogens is 2. The number of nitrogens with one attached hydrogen (secondary N) is 1. The van der Waals surface area contributed by atoms with Crippen LogP contribution in [0.3, 0.4) is 0 Å². The zero-order valence-corrected chi connectivity index (χ0v) is 8.71. The molecule has 0 aromatic carbocycles. The van der Waals surface area contributed by atoms with Crippen molar-refractivity contribution in [1.29, 1.82) is 0 Å². The van der Waals surface area contributed by atoms with Crippen molar-refractivity contribution >= 4 is 0 Å². The first-order valence-corrected chi connectivity index (χ1v) is 4.67. The first kappa shape index (κ1) is 11.8. The summed E-state index contributed by atoms with van der Waals surface area (Å²) >= 11 is 0. The summed E-state index contributed by atoms with van der Waals surface area (Å²) in [5, 5.41) is 3.04. The molecule has 1 heterocycles. The van der Waals surface area contributed by atoms with Gasteiger partial charge in [0.05, 0.1) is 0 Å². The molecule has 15 heavy (non-hydrogen) atoms. The molecule has 0 bridgehead atoms. The highest BCUT2D eigenvalue weighted by atomic mass is 19.3. The van der Waals surface area contributed by atoms with E-state index in [1.807, 2.05) is 20.0 Å². The van der Waals surface area contributed by atoms with Crippen LogP contribution in [0, 0.1) is 0 Å². The predicted molar refractivity (Wildman–Crippen MR) is 53.2 cm³/mol. The topological polar surface area (TPSA) is 34.2 Å². The van der Waals surface area contributed by atoms with Gasteiger partial charge in [-0.05, 0) is 25.6 Å². The maximum Gasteiger partial charge on any atom is 0.272 e. The molecule has 0 amide bonds. The molecular formula is C10H14F2N2O. The molecule has 0 saturated heterocycles. The van der Waals surface area contributed by atoms with E-state index < -0.39 is 13.0 Å². The molecule has 3 nitrogen and oxygen atoms in total. The van der Waals surface area contributed by atoms with Gasteiger partial charge in [0, 0.05) is 18.3 Å². The van der Waals surface area contributed by atoms with Crippen LogP contribution >= 0.6 is 0 Å². The van der Waals surface area contributed by atoms with Crippen molar-refractivity contribution in [2.24, 2.45) is 0 Å². The Morgan fingerprint density at radius 3 is 2.87 bits per heavy atom. The van der Waals surface area contributed by atoms with Crippen LogP contribution in [0.4, 0.5) is 8.78 Å². The van der Waals surface area contributed by atoms with Gasteiger partial charge in [0.2, 0.25) is 5.88 Å². The SMILES string of the molecule is CNC(C)c1ccnc(OCC(F)F)c1. The van der Waals surface area contributed by atoms with Crippen LogP contribution in [0.25, 0.3) is 0 Å². The Bertz CT molecular complexity index is 307. The van der Waals surface area contributed by atoms with E-state index in [2.05, 4.69) is 10.3 Å². The molecule has 5 heteroatoms. The van der Waals surface area contributed by atoms with E-state index in [9.17, 15) is 8.78 Å². The Balaban J connectivity index is 2.65. The second-order valence-corrected chi connectivity index (χ2v) is 3.14. The summed E-state index contributed by atoms with van der Waals surface area (Å²) in [5.74, 6) is 0.231. The van der Waals surface area contributed by atoms with Crippen molar-refractivity contribution in [2.45, 2.75) is 19.4 Å². The maximum atomic E-state index is 11.9. The van der Waals surface area contributed by atoms with Crippen LogP contribution < -0.4 is 10.1 Å². The highest BCUT2D eigenvalue weighted by Crippen LogP contribution is 2.16.